The highest BCUT2D eigenvalue weighted by Crippen LogP contribution is 2.15. The summed E-state index contributed by atoms with van der Waals surface area (Å²) in [5.74, 6) is 0.149. The Morgan fingerprint density at radius 1 is 1.40 bits per heavy atom. The third kappa shape index (κ3) is 5.97. The summed E-state index contributed by atoms with van der Waals surface area (Å²) in [6, 6.07) is 5.64. The van der Waals surface area contributed by atoms with E-state index in [4.69, 9.17) is 5.73 Å². The highest BCUT2D eigenvalue weighted by Gasteiger charge is 2.14. The predicted molar refractivity (Wildman–Crippen MR) is 72.4 cm³/mol. The zero-order chi connectivity index (χ0) is 15.1. The van der Waals surface area contributed by atoms with Crippen molar-refractivity contribution in [2.75, 3.05) is 0 Å². The summed E-state index contributed by atoms with van der Waals surface area (Å²) in [4.78, 5) is 11.7. The number of carbonyl (C=O) groups excluding carboxylic acids is 1. The molecule has 6 heteroatoms. The van der Waals surface area contributed by atoms with Gasteiger partial charge in [0.1, 0.15) is 5.75 Å². The highest BCUT2D eigenvalue weighted by atomic mass is 19.3. The molecule has 1 amide bonds. The molecule has 1 rings (SSSR count). The van der Waals surface area contributed by atoms with E-state index in [0.717, 1.165) is 0 Å². The fourth-order valence-corrected chi connectivity index (χ4v) is 1.77. The maximum Gasteiger partial charge on any atom is 0.387 e. The SMILES string of the molecule is CC(C)C[C@H](N)C(=O)NCc1cccc(OC(F)F)c1. The maximum atomic E-state index is 12.1. The third-order valence-corrected chi connectivity index (χ3v) is 2.65. The van der Waals surface area contributed by atoms with Gasteiger partial charge >= 0.3 is 6.61 Å². The van der Waals surface area contributed by atoms with Crippen molar-refractivity contribution in [3.63, 3.8) is 0 Å². The number of benzene rings is 1. The van der Waals surface area contributed by atoms with Crippen LogP contribution in [0.2, 0.25) is 0 Å². The van der Waals surface area contributed by atoms with Crippen LogP contribution in [-0.2, 0) is 11.3 Å². The smallest absolute Gasteiger partial charge is 0.387 e. The quantitative estimate of drug-likeness (QED) is 0.808. The molecule has 0 aliphatic heterocycles. The van der Waals surface area contributed by atoms with Crippen molar-refractivity contribution in [2.45, 2.75) is 39.5 Å². The van der Waals surface area contributed by atoms with Gasteiger partial charge in [-0.2, -0.15) is 8.78 Å². The van der Waals surface area contributed by atoms with Crippen LogP contribution in [0.15, 0.2) is 24.3 Å². The zero-order valence-corrected chi connectivity index (χ0v) is 11.6. The number of rotatable bonds is 7. The van der Waals surface area contributed by atoms with E-state index in [1.54, 1.807) is 12.1 Å². The van der Waals surface area contributed by atoms with Gasteiger partial charge in [0.2, 0.25) is 5.91 Å². The molecule has 3 N–H and O–H groups in total. The average Bonchev–Trinajstić information content (AvgIpc) is 2.34. The van der Waals surface area contributed by atoms with Crippen molar-refractivity contribution in [1.29, 1.82) is 0 Å². The molecule has 112 valence electrons. The Morgan fingerprint density at radius 2 is 2.10 bits per heavy atom. The van der Waals surface area contributed by atoms with Gasteiger partial charge in [-0.1, -0.05) is 26.0 Å². The van der Waals surface area contributed by atoms with Gasteiger partial charge in [0.15, 0.2) is 0 Å². The molecule has 0 saturated carbocycles. The first-order valence-electron chi connectivity index (χ1n) is 6.45. The van der Waals surface area contributed by atoms with Gasteiger partial charge in [-0.25, -0.2) is 0 Å². The Morgan fingerprint density at radius 3 is 2.70 bits per heavy atom. The minimum Gasteiger partial charge on any atom is -0.435 e. The molecule has 0 fully saturated rings. The molecule has 0 heterocycles. The Kier molecular flexibility index (Phi) is 6.38. The number of nitrogens with two attached hydrogens (primary N) is 1. The van der Waals surface area contributed by atoms with Crippen LogP contribution in [0.25, 0.3) is 0 Å². The van der Waals surface area contributed by atoms with Crippen LogP contribution in [0.3, 0.4) is 0 Å². The molecule has 0 bridgehead atoms. The van der Waals surface area contributed by atoms with Crippen molar-refractivity contribution < 1.29 is 18.3 Å². The van der Waals surface area contributed by atoms with Crippen LogP contribution in [0.1, 0.15) is 25.8 Å². The predicted octanol–water partition coefficient (Wildman–Crippen LogP) is 2.28. The number of nitrogens with one attached hydrogen (secondary N) is 1. The normalized spacial score (nSPS) is 12.6. The number of hydrogen-bond donors (Lipinski definition) is 2. The Hall–Kier alpha value is -1.69. The number of ether oxygens (including phenoxy) is 1. The summed E-state index contributed by atoms with van der Waals surface area (Å²) in [5, 5.41) is 2.68. The second-order valence-electron chi connectivity index (χ2n) is 4.98. The first-order chi connectivity index (χ1) is 9.38. The Balaban J connectivity index is 2.50. The Bertz CT molecular complexity index is 439. The molecule has 0 unspecified atom stereocenters. The minimum atomic E-state index is -2.86. The molecule has 0 aliphatic rings. The van der Waals surface area contributed by atoms with E-state index in [-0.39, 0.29) is 18.2 Å². The molecule has 1 aromatic rings. The lowest BCUT2D eigenvalue weighted by atomic mass is 10.0. The van der Waals surface area contributed by atoms with Crippen molar-refractivity contribution in [1.82, 2.24) is 5.32 Å². The summed E-state index contributed by atoms with van der Waals surface area (Å²) >= 11 is 0. The zero-order valence-electron chi connectivity index (χ0n) is 11.6. The van der Waals surface area contributed by atoms with Crippen LogP contribution in [0.4, 0.5) is 8.78 Å². The van der Waals surface area contributed by atoms with Crippen molar-refractivity contribution in [3.05, 3.63) is 29.8 Å². The molecule has 0 aromatic heterocycles. The van der Waals surface area contributed by atoms with E-state index in [1.807, 2.05) is 13.8 Å². The van der Waals surface area contributed by atoms with Crippen molar-refractivity contribution >= 4 is 5.91 Å². The van der Waals surface area contributed by atoms with Crippen LogP contribution in [-0.4, -0.2) is 18.6 Å². The summed E-state index contributed by atoms with van der Waals surface area (Å²) in [7, 11) is 0. The Labute approximate surface area is 117 Å². The maximum absolute atomic E-state index is 12.1. The van der Waals surface area contributed by atoms with Crippen LogP contribution < -0.4 is 15.8 Å². The first kappa shape index (κ1) is 16.4. The molecular weight excluding hydrogens is 266 g/mol. The van der Waals surface area contributed by atoms with Crippen LogP contribution in [0, 0.1) is 5.92 Å². The van der Waals surface area contributed by atoms with E-state index in [0.29, 0.717) is 17.9 Å². The van der Waals surface area contributed by atoms with Gasteiger partial charge in [-0.15, -0.1) is 0 Å². The molecule has 1 atom stereocenters. The summed E-state index contributed by atoms with van der Waals surface area (Å²) < 4.78 is 28.5. The summed E-state index contributed by atoms with van der Waals surface area (Å²) in [6.45, 7) is 1.33. The van der Waals surface area contributed by atoms with Gasteiger partial charge < -0.3 is 15.8 Å². The lowest BCUT2D eigenvalue weighted by Gasteiger charge is -2.14. The molecule has 0 radical (unpaired) electrons. The molecule has 1 aromatic carbocycles. The number of alkyl halides is 2. The van der Waals surface area contributed by atoms with E-state index in [1.165, 1.54) is 12.1 Å². The molecule has 0 spiro atoms. The molecule has 20 heavy (non-hydrogen) atoms. The van der Waals surface area contributed by atoms with E-state index >= 15 is 0 Å². The van der Waals surface area contributed by atoms with E-state index < -0.39 is 12.7 Å². The largest absolute Gasteiger partial charge is 0.435 e. The molecule has 4 nitrogen and oxygen atoms in total. The topological polar surface area (TPSA) is 64.4 Å². The first-order valence-corrected chi connectivity index (χ1v) is 6.45. The standard InChI is InChI=1S/C14H20F2N2O2/c1-9(2)6-12(17)13(19)18-8-10-4-3-5-11(7-10)20-14(15)16/h3-5,7,9,12,14H,6,8,17H2,1-2H3,(H,18,19)/t12-/m0/s1. The van der Waals surface area contributed by atoms with E-state index in [9.17, 15) is 13.6 Å². The van der Waals surface area contributed by atoms with Gasteiger partial charge in [0.25, 0.3) is 0 Å². The second-order valence-corrected chi connectivity index (χ2v) is 4.98. The number of carbonyl (C=O) groups is 1. The lowest BCUT2D eigenvalue weighted by Crippen LogP contribution is -2.41. The number of hydrogen-bond acceptors (Lipinski definition) is 3. The minimum absolute atomic E-state index is 0.0678. The van der Waals surface area contributed by atoms with Gasteiger partial charge in [-0.3, -0.25) is 4.79 Å². The summed E-state index contributed by atoms with van der Waals surface area (Å²) in [5.41, 5.74) is 6.42. The highest BCUT2D eigenvalue weighted by molar-refractivity contribution is 5.81. The molecule has 0 saturated heterocycles. The van der Waals surface area contributed by atoms with Gasteiger partial charge in [0.05, 0.1) is 6.04 Å². The average molecular weight is 286 g/mol. The van der Waals surface area contributed by atoms with Crippen molar-refractivity contribution in [2.24, 2.45) is 11.7 Å². The lowest BCUT2D eigenvalue weighted by molar-refractivity contribution is -0.122. The monoisotopic (exact) mass is 286 g/mol. The molecule has 0 aliphatic carbocycles. The fraction of sp³-hybridized carbons (Fsp3) is 0.500. The van der Waals surface area contributed by atoms with E-state index in [2.05, 4.69) is 10.1 Å². The van der Waals surface area contributed by atoms with Gasteiger partial charge in [0, 0.05) is 6.54 Å². The summed E-state index contributed by atoms with van der Waals surface area (Å²) in [6.07, 6.45) is 0.598. The fourth-order valence-electron chi connectivity index (χ4n) is 1.77. The van der Waals surface area contributed by atoms with Crippen LogP contribution in [0.5, 0.6) is 5.75 Å². The van der Waals surface area contributed by atoms with Crippen molar-refractivity contribution in [3.8, 4) is 5.75 Å². The number of halogens is 2. The number of amides is 1. The second kappa shape index (κ2) is 7.79. The molecular formula is C14H20F2N2O2. The third-order valence-electron chi connectivity index (χ3n) is 2.65. The van der Waals surface area contributed by atoms with Gasteiger partial charge in [-0.05, 0) is 30.0 Å². The van der Waals surface area contributed by atoms with Crippen LogP contribution >= 0.6 is 0 Å².